The van der Waals surface area contributed by atoms with Crippen LogP contribution in [0.1, 0.15) is 25.5 Å². The van der Waals surface area contributed by atoms with Gasteiger partial charge in [0.15, 0.2) is 0 Å². The lowest BCUT2D eigenvalue weighted by Gasteiger charge is -2.14. The van der Waals surface area contributed by atoms with Gasteiger partial charge in [0, 0.05) is 12.2 Å². The first-order valence-corrected chi connectivity index (χ1v) is 6.98. The summed E-state index contributed by atoms with van der Waals surface area (Å²) in [6.45, 7) is 4.90. The summed E-state index contributed by atoms with van der Waals surface area (Å²) in [5.74, 6) is 0.707. The van der Waals surface area contributed by atoms with Crippen molar-refractivity contribution >= 4 is 22.7 Å². The molecule has 3 rings (SSSR count). The van der Waals surface area contributed by atoms with E-state index in [4.69, 9.17) is 5.73 Å². The van der Waals surface area contributed by atoms with E-state index >= 15 is 0 Å². The Labute approximate surface area is 123 Å². The van der Waals surface area contributed by atoms with Crippen LogP contribution >= 0.6 is 0 Å². The van der Waals surface area contributed by atoms with E-state index in [-0.39, 0.29) is 6.04 Å². The van der Waals surface area contributed by atoms with Crippen LogP contribution in [0.25, 0.3) is 11.2 Å². The fourth-order valence-corrected chi connectivity index (χ4v) is 2.21. The number of nitrogens with zero attached hydrogens (tertiary/aromatic N) is 4. The summed E-state index contributed by atoms with van der Waals surface area (Å²) in [6.07, 6.45) is 3.63. The lowest BCUT2D eigenvalue weighted by Crippen LogP contribution is -2.08. The molecule has 0 aliphatic carbocycles. The highest BCUT2D eigenvalue weighted by molar-refractivity contribution is 5.70. The summed E-state index contributed by atoms with van der Waals surface area (Å²) in [5.41, 5.74) is 9.13. The van der Waals surface area contributed by atoms with Crippen molar-refractivity contribution in [2.24, 2.45) is 0 Å². The predicted octanol–water partition coefficient (Wildman–Crippen LogP) is 2.60. The zero-order valence-corrected chi connectivity index (χ0v) is 12.1. The molecule has 108 valence electrons. The van der Waals surface area contributed by atoms with E-state index in [0.717, 1.165) is 23.3 Å². The zero-order chi connectivity index (χ0) is 14.8. The van der Waals surface area contributed by atoms with Crippen molar-refractivity contribution in [3.8, 4) is 0 Å². The van der Waals surface area contributed by atoms with Gasteiger partial charge in [-0.15, -0.1) is 0 Å². The van der Waals surface area contributed by atoms with Gasteiger partial charge >= 0.3 is 0 Å². The number of hydrogen-bond donors (Lipinski definition) is 2. The van der Waals surface area contributed by atoms with E-state index in [9.17, 15) is 0 Å². The average molecular weight is 282 g/mol. The van der Waals surface area contributed by atoms with Gasteiger partial charge in [-0.25, -0.2) is 9.97 Å². The summed E-state index contributed by atoms with van der Waals surface area (Å²) < 4.78 is 1.83. The SMILES string of the molecule is CCn1cc2ncc(NC(C)c3cccc(N)c3)nc2n1. The number of aromatic nitrogens is 4. The molecule has 0 fully saturated rings. The number of aryl methyl sites for hydroxylation is 1. The number of nitrogen functional groups attached to an aromatic ring is 1. The molecule has 0 aliphatic heterocycles. The molecule has 3 aromatic rings. The first-order valence-electron chi connectivity index (χ1n) is 6.98. The second-order valence-corrected chi connectivity index (χ2v) is 4.99. The first kappa shape index (κ1) is 13.4. The smallest absolute Gasteiger partial charge is 0.201 e. The van der Waals surface area contributed by atoms with Crippen molar-refractivity contribution in [3.05, 3.63) is 42.2 Å². The molecule has 6 heteroatoms. The standard InChI is InChI=1S/C15H18N6/c1-3-21-9-13-15(20-21)19-14(8-17-13)18-10(2)11-5-4-6-12(16)7-11/h4-10H,3,16H2,1-2H3,(H,18,19,20). The normalized spacial score (nSPS) is 12.5. The Balaban J connectivity index is 1.83. The van der Waals surface area contributed by atoms with Gasteiger partial charge in [0.2, 0.25) is 5.65 Å². The number of benzene rings is 1. The van der Waals surface area contributed by atoms with Gasteiger partial charge < -0.3 is 11.1 Å². The molecule has 0 saturated carbocycles. The topological polar surface area (TPSA) is 81.7 Å². The van der Waals surface area contributed by atoms with Crippen LogP contribution in [0.2, 0.25) is 0 Å². The van der Waals surface area contributed by atoms with Gasteiger partial charge in [-0.1, -0.05) is 12.1 Å². The van der Waals surface area contributed by atoms with E-state index in [1.54, 1.807) is 6.20 Å². The Bertz CT molecular complexity index is 764. The molecule has 3 N–H and O–H groups in total. The van der Waals surface area contributed by atoms with Gasteiger partial charge in [-0.05, 0) is 31.5 Å². The maximum absolute atomic E-state index is 5.81. The molecular weight excluding hydrogens is 264 g/mol. The molecular formula is C15H18N6. The predicted molar refractivity (Wildman–Crippen MR) is 83.9 cm³/mol. The van der Waals surface area contributed by atoms with Crippen molar-refractivity contribution in [3.63, 3.8) is 0 Å². The summed E-state index contributed by atoms with van der Waals surface area (Å²) in [5, 5.41) is 7.70. The number of fused-ring (bicyclic) bond motifs is 1. The highest BCUT2D eigenvalue weighted by atomic mass is 15.3. The third-order valence-electron chi connectivity index (χ3n) is 3.37. The third-order valence-corrected chi connectivity index (χ3v) is 3.37. The fraction of sp³-hybridized carbons (Fsp3) is 0.267. The van der Waals surface area contributed by atoms with E-state index in [1.807, 2.05) is 42.1 Å². The molecule has 21 heavy (non-hydrogen) atoms. The van der Waals surface area contributed by atoms with Crippen LogP contribution in [-0.4, -0.2) is 19.7 Å². The van der Waals surface area contributed by atoms with Crippen LogP contribution in [0.5, 0.6) is 0 Å². The number of nitrogens with one attached hydrogen (secondary N) is 1. The zero-order valence-electron chi connectivity index (χ0n) is 12.1. The quantitative estimate of drug-likeness (QED) is 0.719. The Morgan fingerprint density at radius 3 is 3.00 bits per heavy atom. The van der Waals surface area contributed by atoms with Crippen molar-refractivity contribution in [1.29, 1.82) is 0 Å². The summed E-state index contributed by atoms with van der Waals surface area (Å²) in [6, 6.07) is 7.90. The van der Waals surface area contributed by atoms with Crippen molar-refractivity contribution in [1.82, 2.24) is 19.7 Å². The highest BCUT2D eigenvalue weighted by Crippen LogP contribution is 2.20. The van der Waals surface area contributed by atoms with Crippen LogP contribution in [0.3, 0.4) is 0 Å². The van der Waals surface area contributed by atoms with Crippen molar-refractivity contribution < 1.29 is 0 Å². The summed E-state index contributed by atoms with van der Waals surface area (Å²) in [4.78, 5) is 8.88. The molecule has 0 bridgehead atoms. The molecule has 0 amide bonds. The van der Waals surface area contributed by atoms with Crippen LogP contribution in [0.4, 0.5) is 11.5 Å². The molecule has 1 atom stereocenters. The Hall–Kier alpha value is -2.63. The monoisotopic (exact) mass is 282 g/mol. The van der Waals surface area contributed by atoms with Gasteiger partial charge in [0.1, 0.15) is 11.3 Å². The lowest BCUT2D eigenvalue weighted by molar-refractivity contribution is 0.665. The van der Waals surface area contributed by atoms with E-state index in [0.29, 0.717) is 11.5 Å². The molecule has 0 spiro atoms. The molecule has 0 aliphatic rings. The molecule has 0 saturated heterocycles. The molecule has 1 unspecified atom stereocenters. The van der Waals surface area contributed by atoms with Crippen LogP contribution < -0.4 is 11.1 Å². The molecule has 2 aromatic heterocycles. The number of rotatable bonds is 4. The van der Waals surface area contributed by atoms with Crippen molar-refractivity contribution in [2.75, 3.05) is 11.1 Å². The van der Waals surface area contributed by atoms with E-state index < -0.39 is 0 Å². The van der Waals surface area contributed by atoms with E-state index in [2.05, 4.69) is 27.3 Å². The minimum atomic E-state index is 0.0912. The Morgan fingerprint density at radius 2 is 2.24 bits per heavy atom. The maximum atomic E-state index is 5.81. The van der Waals surface area contributed by atoms with Gasteiger partial charge in [-0.3, -0.25) is 4.68 Å². The molecule has 2 heterocycles. The molecule has 0 radical (unpaired) electrons. The van der Waals surface area contributed by atoms with E-state index in [1.165, 1.54) is 0 Å². The fourth-order valence-electron chi connectivity index (χ4n) is 2.21. The summed E-state index contributed by atoms with van der Waals surface area (Å²) >= 11 is 0. The largest absolute Gasteiger partial charge is 0.399 e. The van der Waals surface area contributed by atoms with Gasteiger partial charge in [-0.2, -0.15) is 5.10 Å². The highest BCUT2D eigenvalue weighted by Gasteiger charge is 2.09. The average Bonchev–Trinajstić information content (AvgIpc) is 2.89. The number of nitrogens with two attached hydrogens (primary N) is 1. The van der Waals surface area contributed by atoms with Crippen LogP contribution in [0, 0.1) is 0 Å². The number of anilines is 2. The first-order chi connectivity index (χ1) is 10.2. The minimum absolute atomic E-state index is 0.0912. The Kier molecular flexibility index (Phi) is 3.43. The third kappa shape index (κ3) is 2.79. The number of hydrogen-bond acceptors (Lipinski definition) is 5. The van der Waals surface area contributed by atoms with Crippen LogP contribution in [-0.2, 0) is 6.54 Å². The minimum Gasteiger partial charge on any atom is -0.399 e. The second-order valence-electron chi connectivity index (χ2n) is 4.99. The van der Waals surface area contributed by atoms with Crippen LogP contribution in [0.15, 0.2) is 36.7 Å². The van der Waals surface area contributed by atoms with Gasteiger partial charge in [0.25, 0.3) is 0 Å². The maximum Gasteiger partial charge on any atom is 0.201 e. The second kappa shape index (κ2) is 5.40. The lowest BCUT2D eigenvalue weighted by atomic mass is 10.1. The molecule has 6 nitrogen and oxygen atoms in total. The molecule has 1 aromatic carbocycles. The Morgan fingerprint density at radius 1 is 1.38 bits per heavy atom. The van der Waals surface area contributed by atoms with Gasteiger partial charge in [0.05, 0.1) is 18.4 Å². The summed E-state index contributed by atoms with van der Waals surface area (Å²) in [7, 11) is 0. The van der Waals surface area contributed by atoms with Crippen molar-refractivity contribution in [2.45, 2.75) is 26.4 Å².